The van der Waals surface area contributed by atoms with Crippen molar-refractivity contribution in [2.45, 2.75) is 37.8 Å². The second kappa shape index (κ2) is 5.84. The van der Waals surface area contributed by atoms with Crippen molar-refractivity contribution in [1.82, 2.24) is 4.98 Å². The van der Waals surface area contributed by atoms with Crippen molar-refractivity contribution in [3.8, 4) is 6.07 Å². The molecule has 7 heteroatoms. The molecule has 106 valence electrons. The van der Waals surface area contributed by atoms with E-state index in [4.69, 9.17) is 11.0 Å². The van der Waals surface area contributed by atoms with Gasteiger partial charge in [-0.2, -0.15) is 5.26 Å². The van der Waals surface area contributed by atoms with Crippen molar-refractivity contribution < 1.29 is 4.92 Å². The Morgan fingerprint density at radius 3 is 2.70 bits per heavy atom. The average Bonchev–Trinajstić information content (AvgIpc) is 2.46. The van der Waals surface area contributed by atoms with Crippen LogP contribution in [0.4, 0.5) is 11.5 Å². The lowest BCUT2D eigenvalue weighted by atomic mass is 9.91. The summed E-state index contributed by atoms with van der Waals surface area (Å²) in [6.45, 7) is 0. The highest BCUT2D eigenvalue weighted by atomic mass is 16.6. The summed E-state index contributed by atoms with van der Waals surface area (Å²) in [5.41, 5.74) is 5.70. The Balaban J connectivity index is 2.32. The zero-order valence-corrected chi connectivity index (χ0v) is 11.3. The van der Waals surface area contributed by atoms with Crippen LogP contribution in [-0.2, 0) is 0 Å². The Hall–Kier alpha value is -2.20. The SMILES string of the molecule is CN(c1nccc(C#N)c1[N+](=O)[O-])C1CCC(N)CC1. The molecule has 1 aliphatic carbocycles. The van der Waals surface area contributed by atoms with Crippen LogP contribution in [0.1, 0.15) is 31.2 Å². The van der Waals surface area contributed by atoms with Gasteiger partial charge in [0.25, 0.3) is 0 Å². The topological polar surface area (TPSA) is 109 Å². The predicted octanol–water partition coefficient (Wildman–Crippen LogP) is 1.57. The molecule has 0 atom stereocenters. The Kier molecular flexibility index (Phi) is 4.15. The first-order valence-corrected chi connectivity index (χ1v) is 6.56. The molecule has 1 saturated carbocycles. The molecule has 0 saturated heterocycles. The van der Waals surface area contributed by atoms with Gasteiger partial charge >= 0.3 is 5.69 Å². The molecule has 0 unspecified atom stereocenters. The van der Waals surface area contributed by atoms with Gasteiger partial charge in [0.05, 0.1) is 4.92 Å². The lowest BCUT2D eigenvalue weighted by Crippen LogP contribution is -2.39. The summed E-state index contributed by atoms with van der Waals surface area (Å²) in [6, 6.07) is 3.61. The minimum Gasteiger partial charge on any atom is -0.351 e. The van der Waals surface area contributed by atoms with Gasteiger partial charge in [0.1, 0.15) is 11.6 Å². The van der Waals surface area contributed by atoms with E-state index >= 15 is 0 Å². The van der Waals surface area contributed by atoms with Gasteiger partial charge in [0, 0.05) is 25.3 Å². The molecule has 7 nitrogen and oxygen atoms in total. The van der Waals surface area contributed by atoms with Gasteiger partial charge in [0.2, 0.25) is 5.82 Å². The van der Waals surface area contributed by atoms with E-state index in [1.807, 2.05) is 11.0 Å². The molecule has 1 fully saturated rings. The van der Waals surface area contributed by atoms with Crippen molar-refractivity contribution in [1.29, 1.82) is 5.26 Å². The number of nitro groups is 1. The van der Waals surface area contributed by atoms with Gasteiger partial charge in [-0.05, 0) is 31.7 Å². The van der Waals surface area contributed by atoms with E-state index in [9.17, 15) is 10.1 Å². The lowest BCUT2D eigenvalue weighted by molar-refractivity contribution is -0.384. The monoisotopic (exact) mass is 275 g/mol. The van der Waals surface area contributed by atoms with Gasteiger partial charge in [-0.1, -0.05) is 0 Å². The number of anilines is 1. The molecule has 0 spiro atoms. The summed E-state index contributed by atoms with van der Waals surface area (Å²) in [5, 5.41) is 20.2. The molecule has 2 rings (SSSR count). The highest BCUT2D eigenvalue weighted by molar-refractivity contribution is 5.65. The van der Waals surface area contributed by atoms with Crippen LogP contribution in [0.25, 0.3) is 0 Å². The van der Waals surface area contributed by atoms with E-state index in [1.165, 1.54) is 12.3 Å². The van der Waals surface area contributed by atoms with Crippen molar-refractivity contribution in [2.24, 2.45) is 5.73 Å². The van der Waals surface area contributed by atoms with Crippen molar-refractivity contribution in [3.63, 3.8) is 0 Å². The van der Waals surface area contributed by atoms with Crippen LogP contribution in [-0.4, -0.2) is 29.0 Å². The van der Waals surface area contributed by atoms with E-state index in [0.717, 1.165) is 25.7 Å². The number of nitrogens with two attached hydrogens (primary N) is 1. The summed E-state index contributed by atoms with van der Waals surface area (Å²) >= 11 is 0. The summed E-state index contributed by atoms with van der Waals surface area (Å²) in [6.07, 6.45) is 5.01. The summed E-state index contributed by atoms with van der Waals surface area (Å²) in [4.78, 5) is 16.6. The number of hydrogen-bond acceptors (Lipinski definition) is 6. The van der Waals surface area contributed by atoms with Gasteiger partial charge in [0.15, 0.2) is 0 Å². The Bertz CT molecular complexity index is 546. The van der Waals surface area contributed by atoms with Crippen LogP contribution in [0.2, 0.25) is 0 Å². The van der Waals surface area contributed by atoms with Gasteiger partial charge < -0.3 is 10.6 Å². The number of aromatic nitrogens is 1. The maximum atomic E-state index is 11.2. The van der Waals surface area contributed by atoms with E-state index in [-0.39, 0.29) is 29.2 Å². The lowest BCUT2D eigenvalue weighted by Gasteiger charge is -2.33. The quantitative estimate of drug-likeness (QED) is 0.662. The number of nitrogens with zero attached hydrogens (tertiary/aromatic N) is 4. The van der Waals surface area contributed by atoms with Crippen LogP contribution in [0.15, 0.2) is 12.3 Å². The maximum Gasteiger partial charge on any atom is 0.329 e. The van der Waals surface area contributed by atoms with E-state index in [2.05, 4.69) is 4.98 Å². The molecule has 1 aromatic heterocycles. The van der Waals surface area contributed by atoms with Crippen molar-refractivity contribution >= 4 is 11.5 Å². The first-order valence-electron chi connectivity index (χ1n) is 6.56. The first kappa shape index (κ1) is 14.2. The van der Waals surface area contributed by atoms with Gasteiger partial charge in [-0.3, -0.25) is 10.1 Å². The number of rotatable bonds is 3. The second-order valence-electron chi connectivity index (χ2n) is 5.08. The standard InChI is InChI=1S/C13H17N5O2/c1-17(11-4-2-10(15)3-5-11)13-12(18(19)20)9(8-14)6-7-16-13/h6-7,10-11H,2-5,15H2,1H3. The van der Waals surface area contributed by atoms with Crippen LogP contribution in [0.3, 0.4) is 0 Å². The molecule has 2 N–H and O–H groups in total. The van der Waals surface area contributed by atoms with Crippen molar-refractivity contribution in [2.75, 3.05) is 11.9 Å². The van der Waals surface area contributed by atoms with Crippen LogP contribution in [0.5, 0.6) is 0 Å². The molecule has 1 aliphatic rings. The molecule has 1 heterocycles. The molecule has 0 aliphatic heterocycles. The smallest absolute Gasteiger partial charge is 0.329 e. The minimum absolute atomic E-state index is 0.0411. The van der Waals surface area contributed by atoms with E-state index < -0.39 is 4.92 Å². The fourth-order valence-corrected chi connectivity index (χ4v) is 2.63. The number of pyridine rings is 1. The van der Waals surface area contributed by atoms with Crippen molar-refractivity contribution in [3.05, 3.63) is 27.9 Å². The zero-order valence-electron chi connectivity index (χ0n) is 11.3. The fraction of sp³-hybridized carbons (Fsp3) is 0.538. The van der Waals surface area contributed by atoms with Crippen LogP contribution >= 0.6 is 0 Å². The molecule has 0 bridgehead atoms. The Morgan fingerprint density at radius 2 is 2.15 bits per heavy atom. The molecule has 0 aromatic carbocycles. The maximum absolute atomic E-state index is 11.2. The van der Waals surface area contributed by atoms with E-state index in [0.29, 0.717) is 0 Å². The molecule has 0 amide bonds. The summed E-state index contributed by atoms with van der Waals surface area (Å²) in [5.74, 6) is 0.259. The highest BCUT2D eigenvalue weighted by Crippen LogP contribution is 2.32. The predicted molar refractivity (Wildman–Crippen MR) is 74.2 cm³/mol. The largest absolute Gasteiger partial charge is 0.351 e. The number of nitriles is 1. The first-order chi connectivity index (χ1) is 9.54. The Labute approximate surface area is 117 Å². The molecule has 20 heavy (non-hydrogen) atoms. The third kappa shape index (κ3) is 2.70. The van der Waals surface area contributed by atoms with Crippen LogP contribution in [0, 0.1) is 21.4 Å². The number of hydrogen-bond donors (Lipinski definition) is 1. The van der Waals surface area contributed by atoms with Gasteiger partial charge in [-0.15, -0.1) is 0 Å². The Morgan fingerprint density at radius 1 is 1.50 bits per heavy atom. The molecular formula is C13H17N5O2. The average molecular weight is 275 g/mol. The van der Waals surface area contributed by atoms with Crippen LogP contribution < -0.4 is 10.6 Å². The van der Waals surface area contributed by atoms with Gasteiger partial charge in [-0.25, -0.2) is 4.98 Å². The zero-order chi connectivity index (χ0) is 14.7. The summed E-state index contributed by atoms with van der Waals surface area (Å²) < 4.78 is 0. The second-order valence-corrected chi connectivity index (χ2v) is 5.08. The molecule has 0 radical (unpaired) electrons. The van der Waals surface area contributed by atoms with E-state index in [1.54, 1.807) is 7.05 Å². The normalized spacial score (nSPS) is 22.1. The highest BCUT2D eigenvalue weighted by Gasteiger charge is 2.29. The third-order valence-corrected chi connectivity index (χ3v) is 3.83. The fourth-order valence-electron chi connectivity index (χ4n) is 2.63. The molecular weight excluding hydrogens is 258 g/mol. The summed E-state index contributed by atoms with van der Waals surface area (Å²) in [7, 11) is 1.79. The molecule has 1 aromatic rings. The minimum atomic E-state index is -0.536. The third-order valence-electron chi connectivity index (χ3n) is 3.83.